The summed E-state index contributed by atoms with van der Waals surface area (Å²) < 4.78 is 0. The first-order valence-corrected chi connectivity index (χ1v) is 6.50. The highest BCUT2D eigenvalue weighted by Gasteiger charge is 2.08. The fraction of sp³-hybridized carbons (Fsp3) is 0.200. The molecule has 0 bridgehead atoms. The number of carbonyl (C=O) groups excluding carboxylic acids is 2. The van der Waals surface area contributed by atoms with Gasteiger partial charge in [0.05, 0.1) is 0 Å². The van der Waals surface area contributed by atoms with E-state index < -0.39 is 0 Å². The number of anilines is 1. The summed E-state index contributed by atoms with van der Waals surface area (Å²) in [6.07, 6.45) is 0. The summed E-state index contributed by atoms with van der Waals surface area (Å²) in [6, 6.07) is 13.7. The van der Waals surface area contributed by atoms with E-state index in [0.29, 0.717) is 0 Å². The van der Waals surface area contributed by atoms with Gasteiger partial charge in [-0.3, -0.25) is 9.59 Å². The summed E-state index contributed by atoms with van der Waals surface area (Å²) in [7, 11) is 1.58. The van der Waals surface area contributed by atoms with Gasteiger partial charge in [-0.25, -0.2) is 0 Å². The van der Waals surface area contributed by atoms with Crippen LogP contribution in [0.3, 0.4) is 0 Å². The molecule has 0 aromatic heterocycles. The van der Waals surface area contributed by atoms with Gasteiger partial charge in [0.25, 0.3) is 11.8 Å². The fourth-order valence-corrected chi connectivity index (χ4v) is 1.97. The van der Waals surface area contributed by atoms with Crippen molar-refractivity contribution in [2.75, 3.05) is 25.5 Å². The molecule has 104 valence electrons. The number of carbonyl (C=O) groups is 2. The van der Waals surface area contributed by atoms with E-state index in [2.05, 4.69) is 10.6 Å². The number of hydrogen-bond donors (Lipinski definition) is 3. The third-order valence-electron chi connectivity index (χ3n) is 3.00. The maximum atomic E-state index is 11.9. The van der Waals surface area contributed by atoms with E-state index in [9.17, 15) is 9.59 Å². The van der Waals surface area contributed by atoms with Crippen molar-refractivity contribution >= 4 is 28.3 Å². The molecule has 0 saturated heterocycles. The Hall–Kier alpha value is -2.40. The molecule has 2 aromatic rings. The van der Waals surface area contributed by atoms with Gasteiger partial charge in [-0.2, -0.15) is 0 Å². The van der Waals surface area contributed by atoms with Gasteiger partial charge in [-0.05, 0) is 11.5 Å². The van der Waals surface area contributed by atoms with Crippen LogP contribution in [0.2, 0.25) is 0 Å². The monoisotopic (exact) mass is 272 g/mol. The normalized spacial score (nSPS) is 10.2. The van der Waals surface area contributed by atoms with Crippen molar-refractivity contribution in [3.05, 3.63) is 42.5 Å². The number of nitrogens with two attached hydrogens (primary N) is 1. The van der Waals surface area contributed by atoms with Crippen molar-refractivity contribution in [3.8, 4) is 0 Å². The maximum absolute atomic E-state index is 11.9. The molecule has 2 rings (SSSR count). The quantitative estimate of drug-likeness (QED) is 0.721. The Morgan fingerprint density at radius 1 is 1.00 bits per heavy atom. The van der Waals surface area contributed by atoms with Gasteiger partial charge in [0.2, 0.25) is 0 Å². The Labute approximate surface area is 117 Å². The molecule has 0 aliphatic heterocycles. The Morgan fingerprint density at radius 3 is 2.50 bits per heavy atom. The SMILES string of the molecule is CNC(=O)C[NH2+]CC(=O)Nc1cccc2ccccc12. The van der Waals surface area contributed by atoms with E-state index in [0.717, 1.165) is 16.5 Å². The molecule has 2 aromatic carbocycles. The van der Waals surface area contributed by atoms with Gasteiger partial charge in [0.1, 0.15) is 0 Å². The molecule has 4 N–H and O–H groups in total. The van der Waals surface area contributed by atoms with Gasteiger partial charge in [-0.15, -0.1) is 0 Å². The van der Waals surface area contributed by atoms with Crippen LogP contribution in [0.5, 0.6) is 0 Å². The minimum absolute atomic E-state index is 0.0945. The standard InChI is InChI=1S/C15H17N3O2/c1-16-14(19)9-17-10-15(20)18-13-8-4-6-11-5-2-3-7-12(11)13/h2-8,17H,9-10H2,1H3,(H,16,19)(H,18,20)/p+1. The van der Waals surface area contributed by atoms with Crippen LogP contribution in [0.15, 0.2) is 42.5 Å². The fourth-order valence-electron chi connectivity index (χ4n) is 1.97. The number of benzene rings is 2. The lowest BCUT2D eigenvalue weighted by Crippen LogP contribution is -2.88. The number of amides is 2. The number of hydrogen-bond acceptors (Lipinski definition) is 2. The van der Waals surface area contributed by atoms with Crippen LogP contribution >= 0.6 is 0 Å². The first-order chi connectivity index (χ1) is 9.70. The highest BCUT2D eigenvalue weighted by atomic mass is 16.2. The highest BCUT2D eigenvalue weighted by Crippen LogP contribution is 2.22. The summed E-state index contributed by atoms with van der Waals surface area (Å²) in [5.74, 6) is -0.215. The van der Waals surface area contributed by atoms with Crippen LogP contribution in [0.25, 0.3) is 10.8 Å². The molecule has 0 spiro atoms. The van der Waals surface area contributed by atoms with Crippen molar-refractivity contribution < 1.29 is 14.9 Å². The van der Waals surface area contributed by atoms with Crippen LogP contribution in [0.1, 0.15) is 0 Å². The Kier molecular flexibility index (Phi) is 4.68. The van der Waals surface area contributed by atoms with E-state index in [1.807, 2.05) is 42.5 Å². The lowest BCUT2D eigenvalue weighted by molar-refractivity contribution is -0.632. The Morgan fingerprint density at radius 2 is 1.70 bits per heavy atom. The topological polar surface area (TPSA) is 74.8 Å². The van der Waals surface area contributed by atoms with Gasteiger partial charge in [-0.1, -0.05) is 36.4 Å². The highest BCUT2D eigenvalue weighted by molar-refractivity contribution is 6.02. The molecule has 0 aliphatic carbocycles. The number of quaternary nitrogens is 1. The molecule has 0 saturated carbocycles. The predicted octanol–water partition coefficient (Wildman–Crippen LogP) is 0.0877. The number of fused-ring (bicyclic) bond motifs is 1. The molecule has 0 atom stereocenters. The van der Waals surface area contributed by atoms with Crippen molar-refractivity contribution in [1.29, 1.82) is 0 Å². The Bertz CT molecular complexity index is 620. The van der Waals surface area contributed by atoms with Crippen molar-refractivity contribution in [3.63, 3.8) is 0 Å². The molecular weight excluding hydrogens is 254 g/mol. The zero-order chi connectivity index (χ0) is 14.4. The van der Waals surface area contributed by atoms with Crippen LogP contribution in [-0.2, 0) is 9.59 Å². The molecule has 0 radical (unpaired) electrons. The van der Waals surface area contributed by atoms with Crippen molar-refractivity contribution in [2.24, 2.45) is 0 Å². The van der Waals surface area contributed by atoms with Gasteiger partial charge in [0.15, 0.2) is 13.1 Å². The van der Waals surface area contributed by atoms with Crippen molar-refractivity contribution in [2.45, 2.75) is 0 Å². The van der Waals surface area contributed by atoms with Crippen LogP contribution in [0.4, 0.5) is 5.69 Å². The molecule has 2 amide bonds. The average Bonchev–Trinajstić information content (AvgIpc) is 2.47. The second kappa shape index (κ2) is 6.68. The lowest BCUT2D eigenvalue weighted by atomic mass is 10.1. The van der Waals surface area contributed by atoms with Gasteiger partial charge in [0, 0.05) is 18.1 Å². The third-order valence-corrected chi connectivity index (χ3v) is 3.00. The van der Waals surface area contributed by atoms with E-state index in [-0.39, 0.29) is 24.9 Å². The number of nitrogens with one attached hydrogen (secondary N) is 2. The van der Waals surface area contributed by atoms with Crippen LogP contribution in [0, 0.1) is 0 Å². The molecule has 5 nitrogen and oxygen atoms in total. The second-order valence-corrected chi connectivity index (χ2v) is 4.44. The molecule has 0 unspecified atom stereocenters. The minimum atomic E-state index is -0.120. The number of rotatable bonds is 5. The maximum Gasteiger partial charge on any atom is 0.279 e. The summed E-state index contributed by atoms with van der Waals surface area (Å²) >= 11 is 0. The molecule has 0 heterocycles. The molecular formula is C15H18N3O2+. The van der Waals surface area contributed by atoms with Gasteiger partial charge < -0.3 is 16.0 Å². The van der Waals surface area contributed by atoms with Crippen molar-refractivity contribution in [1.82, 2.24) is 5.32 Å². The van der Waals surface area contributed by atoms with E-state index >= 15 is 0 Å². The Balaban J connectivity index is 1.98. The zero-order valence-electron chi connectivity index (χ0n) is 11.3. The van der Waals surface area contributed by atoms with E-state index in [1.54, 1.807) is 12.4 Å². The van der Waals surface area contributed by atoms with E-state index in [4.69, 9.17) is 0 Å². The molecule has 0 aliphatic rings. The van der Waals surface area contributed by atoms with Crippen LogP contribution < -0.4 is 16.0 Å². The van der Waals surface area contributed by atoms with Crippen LogP contribution in [-0.4, -0.2) is 32.0 Å². The largest absolute Gasteiger partial charge is 0.354 e. The molecule has 20 heavy (non-hydrogen) atoms. The minimum Gasteiger partial charge on any atom is -0.354 e. The zero-order valence-corrected chi connectivity index (χ0v) is 11.3. The summed E-state index contributed by atoms with van der Waals surface area (Å²) in [5.41, 5.74) is 0.793. The summed E-state index contributed by atoms with van der Waals surface area (Å²) in [4.78, 5) is 22.9. The predicted molar refractivity (Wildman–Crippen MR) is 78.3 cm³/mol. The number of likely N-dealkylation sites (N-methyl/N-ethyl adjacent to an activating group) is 1. The first-order valence-electron chi connectivity index (χ1n) is 6.50. The average molecular weight is 272 g/mol. The summed E-state index contributed by atoms with van der Waals surface area (Å²) in [6.45, 7) is 0.468. The first kappa shape index (κ1) is 14.0. The second-order valence-electron chi connectivity index (χ2n) is 4.44. The lowest BCUT2D eigenvalue weighted by Gasteiger charge is -2.08. The molecule has 5 heteroatoms. The smallest absolute Gasteiger partial charge is 0.279 e. The van der Waals surface area contributed by atoms with E-state index in [1.165, 1.54) is 0 Å². The summed E-state index contributed by atoms with van der Waals surface area (Å²) in [5, 5.41) is 9.14. The van der Waals surface area contributed by atoms with Gasteiger partial charge >= 0.3 is 0 Å². The molecule has 0 fully saturated rings. The third kappa shape index (κ3) is 3.55.